The van der Waals surface area contributed by atoms with E-state index in [1.54, 1.807) is 14.0 Å². The van der Waals surface area contributed by atoms with E-state index in [0.717, 1.165) is 11.3 Å². The minimum absolute atomic E-state index is 0.0967. The second-order valence-corrected chi connectivity index (χ2v) is 6.88. The minimum Gasteiger partial charge on any atom is -0.497 e. The second kappa shape index (κ2) is 9.73. The van der Waals surface area contributed by atoms with Gasteiger partial charge >= 0.3 is 5.97 Å². The van der Waals surface area contributed by atoms with Crippen LogP contribution in [0.15, 0.2) is 58.3 Å². The van der Waals surface area contributed by atoms with Gasteiger partial charge in [0, 0.05) is 17.8 Å². The number of nitro benzene ring substituents is 1. The molecule has 0 aliphatic rings. The minimum atomic E-state index is -0.522. The number of esters is 1. The molecule has 10 nitrogen and oxygen atoms in total. The highest BCUT2D eigenvalue weighted by Crippen LogP contribution is 2.16. The molecule has 0 atom stereocenters. The van der Waals surface area contributed by atoms with Gasteiger partial charge in [-0.1, -0.05) is 12.1 Å². The fourth-order valence-electron chi connectivity index (χ4n) is 3.13. The number of hydrogen-bond donors (Lipinski definition) is 1. The Kier molecular flexibility index (Phi) is 6.83. The van der Waals surface area contributed by atoms with Crippen molar-refractivity contribution in [1.82, 2.24) is 9.78 Å². The van der Waals surface area contributed by atoms with Crippen LogP contribution in [0.1, 0.15) is 23.7 Å². The predicted molar refractivity (Wildman–Crippen MR) is 118 cm³/mol. The smallest absolute Gasteiger partial charge is 0.311 e. The molecule has 2 aromatic carbocycles. The van der Waals surface area contributed by atoms with E-state index in [1.807, 2.05) is 24.3 Å². The van der Waals surface area contributed by atoms with Gasteiger partial charge in [0.1, 0.15) is 5.75 Å². The molecule has 1 N–H and O–H groups in total. The van der Waals surface area contributed by atoms with Crippen LogP contribution in [0.25, 0.3) is 5.69 Å². The van der Waals surface area contributed by atoms with Crippen molar-refractivity contribution in [2.24, 2.45) is 4.99 Å². The molecule has 166 valence electrons. The molecule has 0 saturated heterocycles. The van der Waals surface area contributed by atoms with Crippen molar-refractivity contribution in [3.63, 3.8) is 0 Å². The van der Waals surface area contributed by atoms with Crippen molar-refractivity contribution >= 4 is 17.4 Å². The highest BCUT2D eigenvalue weighted by molar-refractivity contribution is 6.00. The van der Waals surface area contributed by atoms with Crippen molar-refractivity contribution in [2.45, 2.75) is 19.9 Å². The quantitative estimate of drug-likeness (QED) is 0.249. The summed E-state index contributed by atoms with van der Waals surface area (Å²) in [6.07, 6.45) is -0.156. The number of aromatic amines is 1. The summed E-state index contributed by atoms with van der Waals surface area (Å²) >= 11 is 0. The highest BCUT2D eigenvalue weighted by Gasteiger charge is 2.20. The Morgan fingerprint density at radius 1 is 1.12 bits per heavy atom. The monoisotopic (exact) mass is 438 g/mol. The summed E-state index contributed by atoms with van der Waals surface area (Å²) < 4.78 is 11.1. The number of non-ortho nitro benzene ring substituents is 1. The molecule has 10 heteroatoms. The first-order valence-electron chi connectivity index (χ1n) is 9.64. The average molecular weight is 438 g/mol. The van der Waals surface area contributed by atoms with Gasteiger partial charge in [-0.05, 0) is 36.8 Å². The van der Waals surface area contributed by atoms with Crippen molar-refractivity contribution in [3.05, 3.63) is 85.8 Å². The molecule has 1 heterocycles. The first-order valence-corrected chi connectivity index (χ1v) is 9.64. The Morgan fingerprint density at radius 2 is 1.78 bits per heavy atom. The molecule has 0 bridgehead atoms. The summed E-state index contributed by atoms with van der Waals surface area (Å²) in [7, 11) is 2.85. The van der Waals surface area contributed by atoms with Crippen LogP contribution in [0.3, 0.4) is 0 Å². The Morgan fingerprint density at radius 3 is 2.34 bits per heavy atom. The average Bonchev–Trinajstić information content (AvgIpc) is 3.13. The van der Waals surface area contributed by atoms with Gasteiger partial charge in [0.15, 0.2) is 0 Å². The molecule has 3 aromatic rings. The third kappa shape index (κ3) is 4.91. The molecular formula is C22H22N4O6. The van der Waals surface area contributed by atoms with Crippen LogP contribution in [0, 0.1) is 10.1 Å². The zero-order chi connectivity index (χ0) is 23.3. The number of aliphatic imine (C=N–C) groups is 1. The molecule has 3 rings (SSSR count). The molecule has 0 aliphatic carbocycles. The lowest BCUT2D eigenvalue weighted by atomic mass is 10.1. The van der Waals surface area contributed by atoms with Gasteiger partial charge in [0.25, 0.3) is 11.2 Å². The maximum absolute atomic E-state index is 13.2. The van der Waals surface area contributed by atoms with Crippen molar-refractivity contribution in [2.75, 3.05) is 14.2 Å². The van der Waals surface area contributed by atoms with Crippen LogP contribution in [-0.4, -0.2) is 40.6 Å². The van der Waals surface area contributed by atoms with Crippen LogP contribution in [0.2, 0.25) is 0 Å². The van der Waals surface area contributed by atoms with E-state index in [4.69, 9.17) is 9.47 Å². The molecule has 0 spiro atoms. The zero-order valence-electron chi connectivity index (χ0n) is 17.8. The molecule has 32 heavy (non-hydrogen) atoms. The summed E-state index contributed by atoms with van der Waals surface area (Å²) in [5.74, 6) is 0.206. The summed E-state index contributed by atoms with van der Waals surface area (Å²) in [6, 6.07) is 12.9. The van der Waals surface area contributed by atoms with Crippen LogP contribution >= 0.6 is 0 Å². The first kappa shape index (κ1) is 22.5. The van der Waals surface area contributed by atoms with Gasteiger partial charge < -0.3 is 9.47 Å². The number of carbonyl (C=O) groups excluding carboxylic acids is 1. The normalized spacial score (nSPS) is 11.3. The molecule has 0 fully saturated rings. The molecule has 0 saturated carbocycles. The van der Waals surface area contributed by atoms with E-state index in [9.17, 15) is 19.7 Å². The van der Waals surface area contributed by atoms with E-state index in [1.165, 1.54) is 36.1 Å². The molecular weight excluding hydrogens is 416 g/mol. The number of rotatable bonds is 8. The van der Waals surface area contributed by atoms with E-state index in [-0.39, 0.29) is 17.7 Å². The van der Waals surface area contributed by atoms with Gasteiger partial charge in [0.2, 0.25) is 0 Å². The largest absolute Gasteiger partial charge is 0.497 e. The fraction of sp³-hybridized carbons (Fsp3) is 0.227. The van der Waals surface area contributed by atoms with E-state index in [0.29, 0.717) is 23.6 Å². The maximum Gasteiger partial charge on any atom is 0.311 e. The van der Waals surface area contributed by atoms with Gasteiger partial charge in [-0.15, -0.1) is 0 Å². The van der Waals surface area contributed by atoms with Crippen LogP contribution in [-0.2, 0) is 22.5 Å². The molecule has 0 radical (unpaired) electrons. The summed E-state index contributed by atoms with van der Waals surface area (Å²) in [5, 5.41) is 13.8. The second-order valence-electron chi connectivity index (χ2n) is 6.88. The standard InChI is InChI=1S/C22H22N4O6/c1-14(23-13-15-4-10-18(31-2)11-5-15)21-19(12-20(27)32-3)24-25(22(21)28)16-6-8-17(9-7-16)26(29)30/h4-11,24H,12-13H2,1-3H3. The van der Waals surface area contributed by atoms with Crippen molar-refractivity contribution in [3.8, 4) is 11.4 Å². The number of nitrogens with one attached hydrogen (secondary N) is 1. The van der Waals surface area contributed by atoms with E-state index < -0.39 is 16.5 Å². The summed E-state index contributed by atoms with van der Waals surface area (Å²) in [6.45, 7) is 2.02. The highest BCUT2D eigenvalue weighted by atomic mass is 16.6. The van der Waals surface area contributed by atoms with Crippen molar-refractivity contribution in [1.29, 1.82) is 0 Å². The molecule has 0 amide bonds. The third-order valence-corrected chi connectivity index (χ3v) is 4.85. The van der Waals surface area contributed by atoms with Gasteiger partial charge in [-0.25, -0.2) is 4.68 Å². The molecule has 0 unspecified atom stereocenters. The lowest BCUT2D eigenvalue weighted by Crippen LogP contribution is -2.20. The van der Waals surface area contributed by atoms with Crippen LogP contribution in [0.5, 0.6) is 5.75 Å². The lowest BCUT2D eigenvalue weighted by Gasteiger charge is -2.03. The predicted octanol–water partition coefficient (Wildman–Crippen LogP) is 2.81. The lowest BCUT2D eigenvalue weighted by molar-refractivity contribution is -0.384. The summed E-state index contributed by atoms with van der Waals surface area (Å²) in [5.41, 5.74) is 1.83. The third-order valence-electron chi connectivity index (χ3n) is 4.85. The van der Waals surface area contributed by atoms with Crippen molar-refractivity contribution < 1.29 is 19.2 Å². The van der Waals surface area contributed by atoms with Gasteiger partial charge in [-0.3, -0.25) is 29.8 Å². The number of H-pyrrole nitrogens is 1. The number of hydrogen-bond acceptors (Lipinski definition) is 7. The number of methoxy groups -OCH3 is 2. The Hall–Kier alpha value is -4.21. The fourth-order valence-corrected chi connectivity index (χ4v) is 3.13. The van der Waals surface area contributed by atoms with Gasteiger partial charge in [-0.2, -0.15) is 0 Å². The number of benzene rings is 2. The van der Waals surface area contributed by atoms with Crippen LogP contribution in [0.4, 0.5) is 5.69 Å². The molecule has 1 aromatic heterocycles. The van der Waals surface area contributed by atoms with E-state index in [2.05, 4.69) is 10.1 Å². The number of carbonyl (C=O) groups is 1. The maximum atomic E-state index is 13.2. The summed E-state index contributed by atoms with van der Waals surface area (Å²) in [4.78, 5) is 40.0. The topological polar surface area (TPSA) is 129 Å². The van der Waals surface area contributed by atoms with Crippen LogP contribution < -0.4 is 10.3 Å². The Balaban J connectivity index is 1.99. The van der Waals surface area contributed by atoms with E-state index >= 15 is 0 Å². The number of ether oxygens (including phenoxy) is 2. The Bertz CT molecular complexity index is 1210. The number of nitrogens with zero attached hydrogens (tertiary/aromatic N) is 3. The number of nitro groups is 1. The van der Waals surface area contributed by atoms with Gasteiger partial charge in [0.05, 0.1) is 49.1 Å². The molecule has 0 aliphatic heterocycles. The first-order chi connectivity index (χ1) is 15.3. The Labute approximate surface area is 183 Å². The number of aromatic nitrogens is 2. The SMILES string of the molecule is COC(=O)Cc1[nH]n(-c2ccc([N+](=O)[O-])cc2)c(=O)c1C(C)=NCc1ccc(OC)cc1. The zero-order valence-corrected chi connectivity index (χ0v) is 17.8.